The minimum atomic E-state index is -6.77. The lowest BCUT2D eigenvalue weighted by molar-refractivity contribution is -0.367. The predicted octanol–water partition coefficient (Wildman–Crippen LogP) is 3.35. The van der Waals surface area contributed by atoms with Crippen LogP contribution in [-0.2, 0) is 9.53 Å². The average Bonchev–Trinajstić information content (AvgIpc) is 2.75. The van der Waals surface area contributed by atoms with E-state index >= 15 is 0 Å². The summed E-state index contributed by atoms with van der Waals surface area (Å²) in [5.41, 5.74) is 0.878. The number of methoxy groups -OCH3 is 2. The number of amides is 1. The molecular weight excluding hydrogens is 443 g/mol. The van der Waals surface area contributed by atoms with Crippen LogP contribution in [0.2, 0.25) is 0 Å². The van der Waals surface area contributed by atoms with Crippen molar-refractivity contribution in [3.05, 3.63) is 23.8 Å². The highest BCUT2D eigenvalue weighted by Gasteiger charge is 2.96. The SMILES string of the molecule is COc1ccc(OC)c(C=NNC(=O)C(F)(F)C2(F)OC(F)(F)C(F)(F)C2(F)F)c1. The number of rotatable bonds is 6. The summed E-state index contributed by atoms with van der Waals surface area (Å²) in [6.45, 7) is 0. The highest BCUT2D eigenvalue weighted by atomic mass is 19.4. The summed E-state index contributed by atoms with van der Waals surface area (Å²) in [4.78, 5) is 11.5. The van der Waals surface area contributed by atoms with Gasteiger partial charge in [-0.05, 0) is 18.2 Å². The van der Waals surface area contributed by atoms with Crippen LogP contribution < -0.4 is 14.9 Å². The topological polar surface area (TPSA) is 69.2 Å². The highest BCUT2D eigenvalue weighted by Crippen LogP contribution is 2.64. The summed E-state index contributed by atoms with van der Waals surface area (Å²) < 4.78 is 133. The number of ether oxygens (including phenoxy) is 3. The number of halogens is 9. The standard InChI is InChI=1S/C15H11F9N2O4/c1-28-8-3-4-9(29-2)7(5-8)6-25-26-10(27)11(16,17)14(22)12(18,19)13(20,21)15(23,24)30-14/h3-6H,1-2H3,(H,26,27). The third-order valence-electron chi connectivity index (χ3n) is 3.93. The van der Waals surface area contributed by atoms with Crippen molar-refractivity contribution in [3.8, 4) is 11.5 Å². The predicted molar refractivity (Wildman–Crippen MR) is 80.0 cm³/mol. The number of nitrogens with one attached hydrogen (secondary N) is 1. The van der Waals surface area contributed by atoms with Crippen LogP contribution in [0.4, 0.5) is 39.5 Å². The normalized spacial score (nSPS) is 24.6. The Bertz CT molecular complexity index is 863. The lowest BCUT2D eigenvalue weighted by atomic mass is 9.99. The van der Waals surface area contributed by atoms with Gasteiger partial charge in [-0.3, -0.25) is 9.53 Å². The molecule has 168 valence electrons. The van der Waals surface area contributed by atoms with Gasteiger partial charge in [0.1, 0.15) is 11.5 Å². The van der Waals surface area contributed by atoms with Gasteiger partial charge in [0, 0.05) is 5.56 Å². The first-order chi connectivity index (χ1) is 13.6. The Labute approximate surface area is 161 Å². The van der Waals surface area contributed by atoms with E-state index in [-0.39, 0.29) is 17.1 Å². The van der Waals surface area contributed by atoms with Gasteiger partial charge in [-0.25, -0.2) is 5.43 Å². The van der Waals surface area contributed by atoms with Crippen LogP contribution in [0.15, 0.2) is 23.3 Å². The number of alkyl halides is 9. The van der Waals surface area contributed by atoms with Gasteiger partial charge in [0.2, 0.25) is 0 Å². The number of hydrazone groups is 1. The molecule has 1 fully saturated rings. The second-order valence-corrected chi connectivity index (χ2v) is 5.74. The highest BCUT2D eigenvalue weighted by molar-refractivity contribution is 5.88. The van der Waals surface area contributed by atoms with Crippen molar-refractivity contribution >= 4 is 12.1 Å². The third-order valence-corrected chi connectivity index (χ3v) is 3.93. The van der Waals surface area contributed by atoms with E-state index in [0.29, 0.717) is 6.21 Å². The molecule has 15 heteroatoms. The van der Waals surface area contributed by atoms with Gasteiger partial charge in [-0.2, -0.15) is 44.6 Å². The molecule has 1 aromatic carbocycles. The van der Waals surface area contributed by atoms with Gasteiger partial charge in [0.25, 0.3) is 0 Å². The van der Waals surface area contributed by atoms with Gasteiger partial charge in [0.15, 0.2) is 0 Å². The fourth-order valence-electron chi connectivity index (χ4n) is 2.27. The Morgan fingerprint density at radius 3 is 2.13 bits per heavy atom. The van der Waals surface area contributed by atoms with Crippen molar-refractivity contribution in [1.29, 1.82) is 0 Å². The van der Waals surface area contributed by atoms with E-state index < -0.39 is 35.6 Å². The molecule has 0 aromatic heterocycles. The second kappa shape index (κ2) is 7.21. The minimum absolute atomic E-state index is 0.0176. The molecule has 0 aliphatic carbocycles. The Morgan fingerprint density at radius 1 is 1.07 bits per heavy atom. The molecule has 1 saturated heterocycles. The first-order valence-electron chi connectivity index (χ1n) is 7.55. The Hall–Kier alpha value is -2.71. The largest absolute Gasteiger partial charge is 0.497 e. The molecule has 1 aliphatic rings. The number of hydrogen-bond acceptors (Lipinski definition) is 5. The molecular formula is C15H11F9N2O4. The molecule has 0 bridgehead atoms. The first kappa shape index (κ1) is 23.6. The van der Waals surface area contributed by atoms with Crippen molar-refractivity contribution in [1.82, 2.24) is 5.43 Å². The van der Waals surface area contributed by atoms with E-state index in [4.69, 9.17) is 9.47 Å². The molecule has 1 aromatic rings. The fourth-order valence-corrected chi connectivity index (χ4v) is 2.27. The summed E-state index contributed by atoms with van der Waals surface area (Å²) in [7, 11) is 2.46. The molecule has 1 amide bonds. The molecule has 1 atom stereocenters. The molecule has 6 nitrogen and oxygen atoms in total. The Kier molecular flexibility index (Phi) is 5.66. The second-order valence-electron chi connectivity index (χ2n) is 5.74. The van der Waals surface area contributed by atoms with Gasteiger partial charge < -0.3 is 9.47 Å². The van der Waals surface area contributed by atoms with Crippen LogP contribution in [0.1, 0.15) is 5.56 Å². The zero-order valence-electron chi connectivity index (χ0n) is 14.8. The maximum Gasteiger partial charge on any atom is 0.428 e. The third kappa shape index (κ3) is 3.20. The minimum Gasteiger partial charge on any atom is -0.497 e. The fraction of sp³-hybridized carbons (Fsp3) is 0.467. The maximum absolute atomic E-state index is 14.0. The molecule has 1 unspecified atom stereocenters. The van der Waals surface area contributed by atoms with Crippen LogP contribution >= 0.6 is 0 Å². The number of hydrogen-bond donors (Lipinski definition) is 1. The van der Waals surface area contributed by atoms with E-state index in [0.717, 1.165) is 5.43 Å². The van der Waals surface area contributed by atoms with E-state index in [1.54, 1.807) is 0 Å². The van der Waals surface area contributed by atoms with Gasteiger partial charge >= 0.3 is 35.6 Å². The zero-order valence-corrected chi connectivity index (χ0v) is 14.8. The number of nitrogens with zero attached hydrogens (tertiary/aromatic N) is 1. The number of carbonyl (C=O) groups is 1. The smallest absolute Gasteiger partial charge is 0.428 e. The van der Waals surface area contributed by atoms with Crippen LogP contribution in [0.3, 0.4) is 0 Å². The van der Waals surface area contributed by atoms with Crippen LogP contribution in [0, 0.1) is 0 Å². The van der Waals surface area contributed by atoms with E-state index in [1.165, 1.54) is 32.4 Å². The maximum atomic E-state index is 14.0. The average molecular weight is 454 g/mol. The van der Waals surface area contributed by atoms with Crippen LogP contribution in [-0.4, -0.2) is 56.1 Å². The summed E-state index contributed by atoms with van der Waals surface area (Å²) in [5.74, 6) is -28.8. The van der Waals surface area contributed by atoms with E-state index in [9.17, 15) is 44.3 Å². The summed E-state index contributed by atoms with van der Waals surface area (Å²) in [6.07, 6.45) is -5.71. The lowest BCUT2D eigenvalue weighted by Gasteiger charge is -2.31. The van der Waals surface area contributed by atoms with Crippen LogP contribution in [0.5, 0.6) is 11.5 Å². The molecule has 0 spiro atoms. The zero-order chi connectivity index (χ0) is 23.2. The Morgan fingerprint density at radius 2 is 1.67 bits per heavy atom. The quantitative estimate of drug-likeness (QED) is 0.407. The molecule has 30 heavy (non-hydrogen) atoms. The van der Waals surface area contributed by atoms with Crippen molar-refractivity contribution < 1.29 is 58.5 Å². The van der Waals surface area contributed by atoms with Crippen molar-refractivity contribution in [2.24, 2.45) is 5.10 Å². The first-order valence-corrected chi connectivity index (χ1v) is 7.55. The monoisotopic (exact) mass is 454 g/mol. The lowest BCUT2D eigenvalue weighted by Crippen LogP contribution is -2.64. The number of carbonyl (C=O) groups excluding carboxylic acids is 1. The summed E-state index contributed by atoms with van der Waals surface area (Å²) in [6, 6.07) is 3.96. The van der Waals surface area contributed by atoms with E-state index in [2.05, 4.69) is 9.84 Å². The molecule has 0 radical (unpaired) electrons. The summed E-state index contributed by atoms with van der Waals surface area (Å²) >= 11 is 0. The van der Waals surface area contributed by atoms with Gasteiger partial charge in [-0.1, -0.05) is 0 Å². The number of benzene rings is 1. The van der Waals surface area contributed by atoms with E-state index in [1.807, 2.05) is 0 Å². The van der Waals surface area contributed by atoms with Crippen LogP contribution in [0.25, 0.3) is 0 Å². The van der Waals surface area contributed by atoms with Gasteiger partial charge in [0.05, 0.1) is 20.4 Å². The molecule has 1 heterocycles. The Balaban J connectivity index is 2.30. The van der Waals surface area contributed by atoms with Crippen molar-refractivity contribution in [2.45, 2.75) is 29.7 Å². The molecule has 0 saturated carbocycles. The molecule has 2 rings (SSSR count). The summed E-state index contributed by atoms with van der Waals surface area (Å²) in [5, 5.41) is 2.93. The van der Waals surface area contributed by atoms with Crippen molar-refractivity contribution in [2.75, 3.05) is 14.2 Å². The van der Waals surface area contributed by atoms with Gasteiger partial charge in [-0.15, -0.1) is 0 Å². The van der Waals surface area contributed by atoms with Crippen molar-refractivity contribution in [3.63, 3.8) is 0 Å². The molecule has 1 N–H and O–H groups in total. The molecule has 1 aliphatic heterocycles.